The van der Waals surface area contributed by atoms with Crippen molar-refractivity contribution in [2.45, 2.75) is 25.8 Å². The zero-order valence-electron chi connectivity index (χ0n) is 12.2. The second-order valence-electron chi connectivity index (χ2n) is 5.21. The maximum Gasteiger partial charge on any atom is 0.325 e. The Morgan fingerprint density at radius 3 is 2.73 bits per heavy atom. The van der Waals surface area contributed by atoms with Crippen molar-refractivity contribution in [2.24, 2.45) is 5.92 Å². The number of hydrogen-bond acceptors (Lipinski definition) is 4. The fourth-order valence-electron chi connectivity index (χ4n) is 1.75. The average Bonchev–Trinajstić information content (AvgIpc) is 3.30. The molecule has 0 aliphatic heterocycles. The number of benzene rings is 1. The second kappa shape index (κ2) is 6.93. The summed E-state index contributed by atoms with van der Waals surface area (Å²) in [5, 5.41) is 13.8. The SMILES string of the molecule is C[C@@H](NC(=O)COc1cccc(NC(=O)C2CC2)c1)C(=O)O. The first-order valence-electron chi connectivity index (χ1n) is 7.01. The van der Waals surface area contributed by atoms with Crippen LogP contribution in [0.2, 0.25) is 0 Å². The third kappa shape index (κ3) is 4.76. The van der Waals surface area contributed by atoms with Gasteiger partial charge < -0.3 is 20.5 Å². The Balaban J connectivity index is 1.83. The van der Waals surface area contributed by atoms with Crippen molar-refractivity contribution in [2.75, 3.05) is 11.9 Å². The third-order valence-corrected chi connectivity index (χ3v) is 3.17. The molecule has 0 saturated heterocycles. The molecule has 1 aliphatic carbocycles. The first-order chi connectivity index (χ1) is 10.5. The Morgan fingerprint density at radius 2 is 2.09 bits per heavy atom. The van der Waals surface area contributed by atoms with Crippen LogP contribution in [0, 0.1) is 5.92 Å². The van der Waals surface area contributed by atoms with Crippen molar-refractivity contribution in [1.82, 2.24) is 5.32 Å². The predicted molar refractivity (Wildman–Crippen MR) is 78.5 cm³/mol. The number of anilines is 1. The molecule has 7 nitrogen and oxygen atoms in total. The molecule has 0 spiro atoms. The fraction of sp³-hybridized carbons (Fsp3) is 0.400. The number of rotatable bonds is 7. The molecule has 1 atom stereocenters. The molecule has 2 amide bonds. The van der Waals surface area contributed by atoms with E-state index >= 15 is 0 Å². The van der Waals surface area contributed by atoms with Gasteiger partial charge in [0.15, 0.2) is 6.61 Å². The molecule has 0 aromatic heterocycles. The summed E-state index contributed by atoms with van der Waals surface area (Å²) >= 11 is 0. The van der Waals surface area contributed by atoms with Gasteiger partial charge in [-0.1, -0.05) is 6.07 Å². The number of carboxylic acids is 1. The Kier molecular flexibility index (Phi) is 4.98. The maximum atomic E-state index is 11.7. The van der Waals surface area contributed by atoms with Crippen molar-refractivity contribution < 1.29 is 24.2 Å². The molecular formula is C15H18N2O5. The van der Waals surface area contributed by atoms with Crippen molar-refractivity contribution in [3.05, 3.63) is 24.3 Å². The monoisotopic (exact) mass is 306 g/mol. The number of ether oxygens (including phenoxy) is 1. The lowest BCUT2D eigenvalue weighted by molar-refractivity contribution is -0.141. The molecule has 22 heavy (non-hydrogen) atoms. The number of carboxylic acid groups (broad SMARTS) is 1. The maximum absolute atomic E-state index is 11.7. The molecule has 1 aromatic rings. The topological polar surface area (TPSA) is 105 Å². The summed E-state index contributed by atoms with van der Waals surface area (Å²) in [5.74, 6) is -1.12. The third-order valence-electron chi connectivity index (χ3n) is 3.17. The molecule has 1 aliphatic rings. The standard InChI is InChI=1S/C15H18N2O5/c1-9(15(20)21)16-13(18)8-22-12-4-2-3-11(7-12)17-14(19)10-5-6-10/h2-4,7,9-10H,5-6,8H2,1H3,(H,16,18)(H,17,19)(H,20,21)/t9-/m1/s1. The normalized spacial score (nSPS) is 14.8. The zero-order chi connectivity index (χ0) is 16.1. The Bertz CT molecular complexity index is 583. The van der Waals surface area contributed by atoms with Crippen LogP contribution in [0.1, 0.15) is 19.8 Å². The van der Waals surface area contributed by atoms with Crippen molar-refractivity contribution in [3.63, 3.8) is 0 Å². The number of aliphatic carboxylic acids is 1. The van der Waals surface area contributed by atoms with Gasteiger partial charge in [-0.25, -0.2) is 0 Å². The minimum atomic E-state index is -1.11. The lowest BCUT2D eigenvalue weighted by atomic mass is 10.3. The summed E-state index contributed by atoms with van der Waals surface area (Å²) in [4.78, 5) is 33.8. The molecule has 0 unspecified atom stereocenters. The van der Waals surface area contributed by atoms with E-state index in [9.17, 15) is 14.4 Å². The lowest BCUT2D eigenvalue weighted by Gasteiger charge is -2.11. The number of hydrogen-bond donors (Lipinski definition) is 3. The van der Waals surface area contributed by atoms with Gasteiger partial charge in [0.05, 0.1) is 0 Å². The van der Waals surface area contributed by atoms with Crippen LogP contribution in [0.4, 0.5) is 5.69 Å². The van der Waals surface area contributed by atoms with Gasteiger partial charge in [-0.15, -0.1) is 0 Å². The number of nitrogens with one attached hydrogen (secondary N) is 2. The molecule has 1 saturated carbocycles. The Labute approximate surface area is 127 Å². The molecule has 0 heterocycles. The van der Waals surface area contributed by atoms with Crippen LogP contribution in [-0.4, -0.2) is 35.5 Å². The zero-order valence-corrected chi connectivity index (χ0v) is 12.2. The van der Waals surface area contributed by atoms with E-state index in [1.807, 2.05) is 0 Å². The van der Waals surface area contributed by atoms with Crippen LogP contribution in [0.15, 0.2) is 24.3 Å². The summed E-state index contributed by atoms with van der Waals surface area (Å²) < 4.78 is 5.29. The summed E-state index contributed by atoms with van der Waals surface area (Å²) in [6.45, 7) is 1.08. The van der Waals surface area contributed by atoms with Crippen LogP contribution in [0.5, 0.6) is 5.75 Å². The number of carbonyl (C=O) groups is 3. The first kappa shape index (κ1) is 15.8. The van der Waals surface area contributed by atoms with Crippen LogP contribution in [0.3, 0.4) is 0 Å². The Hall–Kier alpha value is -2.57. The van der Waals surface area contributed by atoms with E-state index in [1.165, 1.54) is 6.92 Å². The van der Waals surface area contributed by atoms with Gasteiger partial charge in [0, 0.05) is 17.7 Å². The van der Waals surface area contributed by atoms with Crippen molar-refractivity contribution in [3.8, 4) is 5.75 Å². The van der Waals surface area contributed by atoms with Crippen LogP contribution >= 0.6 is 0 Å². The summed E-state index contributed by atoms with van der Waals surface area (Å²) in [5.41, 5.74) is 0.605. The molecule has 3 N–H and O–H groups in total. The van der Waals surface area contributed by atoms with Gasteiger partial charge in [-0.3, -0.25) is 14.4 Å². The molecule has 0 bridgehead atoms. The number of carbonyl (C=O) groups excluding carboxylic acids is 2. The lowest BCUT2D eigenvalue weighted by Crippen LogP contribution is -2.40. The van der Waals surface area contributed by atoms with E-state index in [-0.39, 0.29) is 18.4 Å². The van der Waals surface area contributed by atoms with E-state index in [1.54, 1.807) is 24.3 Å². The van der Waals surface area contributed by atoms with Crippen LogP contribution in [0.25, 0.3) is 0 Å². The number of amides is 2. The summed E-state index contributed by atoms with van der Waals surface area (Å²) in [6.07, 6.45) is 1.84. The average molecular weight is 306 g/mol. The van der Waals surface area contributed by atoms with Gasteiger partial charge in [-0.05, 0) is 31.9 Å². The highest BCUT2D eigenvalue weighted by Gasteiger charge is 2.29. The molecular weight excluding hydrogens is 288 g/mol. The van der Waals surface area contributed by atoms with Gasteiger partial charge in [0.2, 0.25) is 5.91 Å². The molecule has 1 fully saturated rings. The second-order valence-corrected chi connectivity index (χ2v) is 5.21. The van der Waals surface area contributed by atoms with E-state index < -0.39 is 17.9 Å². The minimum Gasteiger partial charge on any atom is -0.484 e. The summed E-state index contributed by atoms with van der Waals surface area (Å²) in [6, 6.07) is 5.74. The fourth-order valence-corrected chi connectivity index (χ4v) is 1.75. The quantitative estimate of drug-likeness (QED) is 0.697. The van der Waals surface area contributed by atoms with E-state index in [0.29, 0.717) is 11.4 Å². The van der Waals surface area contributed by atoms with Crippen LogP contribution < -0.4 is 15.4 Å². The highest BCUT2D eigenvalue weighted by molar-refractivity contribution is 5.94. The van der Waals surface area contributed by atoms with Crippen molar-refractivity contribution in [1.29, 1.82) is 0 Å². The van der Waals surface area contributed by atoms with Gasteiger partial charge >= 0.3 is 5.97 Å². The van der Waals surface area contributed by atoms with Gasteiger partial charge in [0.1, 0.15) is 11.8 Å². The van der Waals surface area contributed by atoms with Crippen LogP contribution in [-0.2, 0) is 14.4 Å². The molecule has 1 aromatic carbocycles. The van der Waals surface area contributed by atoms with Crippen molar-refractivity contribution >= 4 is 23.5 Å². The minimum absolute atomic E-state index is 0.00910. The van der Waals surface area contributed by atoms with Gasteiger partial charge in [0.25, 0.3) is 5.91 Å². The largest absolute Gasteiger partial charge is 0.484 e. The summed E-state index contributed by atoms with van der Waals surface area (Å²) in [7, 11) is 0. The van der Waals surface area contributed by atoms with Gasteiger partial charge in [-0.2, -0.15) is 0 Å². The highest BCUT2D eigenvalue weighted by atomic mass is 16.5. The Morgan fingerprint density at radius 1 is 1.36 bits per heavy atom. The molecule has 0 radical (unpaired) electrons. The molecule has 118 valence electrons. The van der Waals surface area contributed by atoms with E-state index in [2.05, 4.69) is 10.6 Å². The molecule has 2 rings (SSSR count). The smallest absolute Gasteiger partial charge is 0.325 e. The highest BCUT2D eigenvalue weighted by Crippen LogP contribution is 2.30. The molecule has 7 heteroatoms. The predicted octanol–water partition coefficient (Wildman–Crippen LogP) is 1.00. The van der Waals surface area contributed by atoms with E-state index in [4.69, 9.17) is 9.84 Å². The van der Waals surface area contributed by atoms with E-state index in [0.717, 1.165) is 12.8 Å². The first-order valence-corrected chi connectivity index (χ1v) is 7.01.